The van der Waals surface area contributed by atoms with Gasteiger partial charge in [0.2, 0.25) is 0 Å². The zero-order valence-electron chi connectivity index (χ0n) is 11.6. The van der Waals surface area contributed by atoms with E-state index in [2.05, 4.69) is 27.5 Å². The largest absolute Gasteiger partial charge is 0.316 e. The van der Waals surface area contributed by atoms with E-state index in [0.717, 1.165) is 31.2 Å². The van der Waals surface area contributed by atoms with Crippen molar-refractivity contribution in [1.29, 1.82) is 0 Å². The number of rotatable bonds is 6. The average Bonchev–Trinajstić information content (AvgIpc) is 2.76. The minimum Gasteiger partial charge on any atom is -0.316 e. The van der Waals surface area contributed by atoms with Gasteiger partial charge in [-0.25, -0.2) is 0 Å². The van der Waals surface area contributed by atoms with Gasteiger partial charge in [-0.3, -0.25) is 9.58 Å². The summed E-state index contributed by atoms with van der Waals surface area (Å²) in [6, 6.07) is 0. The standard InChI is InChI=1S/C13H25N5/c1-3-6-14-8-12-5-4-7-18(9-12)11-13-10-17(2)16-15-13/h10,12,14H,3-9,11H2,1-2H3. The number of nitrogens with zero attached hydrogens (tertiary/aromatic N) is 4. The van der Waals surface area contributed by atoms with Gasteiger partial charge in [0.1, 0.15) is 0 Å². The first-order chi connectivity index (χ1) is 8.78. The lowest BCUT2D eigenvalue weighted by Crippen LogP contribution is -2.39. The number of aromatic nitrogens is 3. The molecule has 0 amide bonds. The van der Waals surface area contributed by atoms with Gasteiger partial charge in [0.05, 0.1) is 5.69 Å². The van der Waals surface area contributed by atoms with Crippen LogP contribution in [-0.2, 0) is 13.6 Å². The first-order valence-electron chi connectivity index (χ1n) is 7.06. The lowest BCUT2D eigenvalue weighted by Gasteiger charge is -2.32. The Morgan fingerprint density at radius 1 is 1.50 bits per heavy atom. The highest BCUT2D eigenvalue weighted by Gasteiger charge is 2.20. The molecule has 0 aliphatic carbocycles. The third kappa shape index (κ3) is 4.07. The third-order valence-electron chi connectivity index (χ3n) is 3.50. The molecule has 1 N–H and O–H groups in total. The summed E-state index contributed by atoms with van der Waals surface area (Å²) in [5.74, 6) is 0.793. The number of hydrogen-bond acceptors (Lipinski definition) is 4. The van der Waals surface area contributed by atoms with Crippen LogP contribution in [0.4, 0.5) is 0 Å². The average molecular weight is 251 g/mol. The van der Waals surface area contributed by atoms with E-state index in [1.807, 2.05) is 13.2 Å². The van der Waals surface area contributed by atoms with Crippen LogP contribution in [0.2, 0.25) is 0 Å². The maximum Gasteiger partial charge on any atom is 0.0967 e. The van der Waals surface area contributed by atoms with Crippen molar-refractivity contribution in [2.24, 2.45) is 13.0 Å². The van der Waals surface area contributed by atoms with E-state index in [0.29, 0.717) is 0 Å². The lowest BCUT2D eigenvalue weighted by atomic mass is 9.98. The summed E-state index contributed by atoms with van der Waals surface area (Å²) in [5, 5.41) is 11.7. The summed E-state index contributed by atoms with van der Waals surface area (Å²) in [4.78, 5) is 2.51. The Labute approximate surface area is 110 Å². The van der Waals surface area contributed by atoms with E-state index in [1.165, 1.54) is 32.4 Å². The second-order valence-corrected chi connectivity index (χ2v) is 5.33. The SMILES string of the molecule is CCCNCC1CCCN(Cc2cn(C)nn2)C1. The Kier molecular flexibility index (Phi) is 5.13. The van der Waals surface area contributed by atoms with E-state index >= 15 is 0 Å². The minimum atomic E-state index is 0.793. The Bertz CT molecular complexity index is 349. The lowest BCUT2D eigenvalue weighted by molar-refractivity contribution is 0.164. The van der Waals surface area contributed by atoms with Crippen molar-refractivity contribution in [3.8, 4) is 0 Å². The molecule has 0 spiro atoms. The molecule has 1 aromatic rings. The molecule has 0 saturated carbocycles. The van der Waals surface area contributed by atoms with Crippen LogP contribution in [0.15, 0.2) is 6.20 Å². The van der Waals surface area contributed by atoms with Crippen LogP contribution in [0.5, 0.6) is 0 Å². The number of likely N-dealkylation sites (tertiary alicyclic amines) is 1. The number of hydrogen-bond donors (Lipinski definition) is 1. The van der Waals surface area contributed by atoms with Crippen molar-refractivity contribution in [2.75, 3.05) is 26.2 Å². The molecule has 1 aliphatic heterocycles. The van der Waals surface area contributed by atoms with Crippen molar-refractivity contribution >= 4 is 0 Å². The molecule has 1 aromatic heterocycles. The Hall–Kier alpha value is -0.940. The molecular formula is C13H25N5. The van der Waals surface area contributed by atoms with Gasteiger partial charge in [0, 0.05) is 26.3 Å². The highest BCUT2D eigenvalue weighted by Crippen LogP contribution is 2.17. The summed E-state index contributed by atoms with van der Waals surface area (Å²) in [6.45, 7) is 7.84. The predicted octanol–water partition coefficient (Wildman–Crippen LogP) is 1.03. The van der Waals surface area contributed by atoms with Crippen LogP contribution in [0.1, 0.15) is 31.9 Å². The van der Waals surface area contributed by atoms with Crippen molar-refractivity contribution in [3.05, 3.63) is 11.9 Å². The van der Waals surface area contributed by atoms with E-state index in [4.69, 9.17) is 0 Å². The minimum absolute atomic E-state index is 0.793. The van der Waals surface area contributed by atoms with Gasteiger partial charge >= 0.3 is 0 Å². The normalized spacial score (nSPS) is 21.3. The fraction of sp³-hybridized carbons (Fsp3) is 0.846. The molecule has 5 nitrogen and oxygen atoms in total. The maximum absolute atomic E-state index is 4.17. The number of nitrogens with one attached hydrogen (secondary N) is 1. The quantitative estimate of drug-likeness (QED) is 0.767. The van der Waals surface area contributed by atoms with Crippen molar-refractivity contribution in [1.82, 2.24) is 25.2 Å². The highest BCUT2D eigenvalue weighted by molar-refractivity contribution is 4.92. The third-order valence-corrected chi connectivity index (χ3v) is 3.50. The van der Waals surface area contributed by atoms with Crippen molar-refractivity contribution in [2.45, 2.75) is 32.7 Å². The highest BCUT2D eigenvalue weighted by atomic mass is 15.4. The summed E-state index contributed by atoms with van der Waals surface area (Å²) >= 11 is 0. The van der Waals surface area contributed by atoms with Gasteiger partial charge in [0.15, 0.2) is 0 Å². The topological polar surface area (TPSA) is 46.0 Å². The van der Waals surface area contributed by atoms with Crippen LogP contribution < -0.4 is 5.32 Å². The molecule has 102 valence electrons. The molecule has 0 aromatic carbocycles. The summed E-state index contributed by atoms with van der Waals surface area (Å²) in [7, 11) is 1.92. The fourth-order valence-corrected chi connectivity index (χ4v) is 2.64. The van der Waals surface area contributed by atoms with Crippen LogP contribution >= 0.6 is 0 Å². The van der Waals surface area contributed by atoms with E-state index < -0.39 is 0 Å². The van der Waals surface area contributed by atoms with Gasteiger partial charge in [-0.1, -0.05) is 12.1 Å². The Balaban J connectivity index is 1.76. The van der Waals surface area contributed by atoms with E-state index in [9.17, 15) is 0 Å². The van der Waals surface area contributed by atoms with Crippen LogP contribution in [0.25, 0.3) is 0 Å². The molecule has 5 heteroatoms. The second kappa shape index (κ2) is 6.85. The Morgan fingerprint density at radius 2 is 2.39 bits per heavy atom. The van der Waals surface area contributed by atoms with Gasteiger partial charge in [0.25, 0.3) is 0 Å². The monoisotopic (exact) mass is 251 g/mol. The van der Waals surface area contributed by atoms with Gasteiger partial charge in [-0.2, -0.15) is 0 Å². The first-order valence-corrected chi connectivity index (χ1v) is 7.06. The Morgan fingerprint density at radius 3 is 3.11 bits per heavy atom. The van der Waals surface area contributed by atoms with Gasteiger partial charge in [-0.15, -0.1) is 5.10 Å². The van der Waals surface area contributed by atoms with Crippen molar-refractivity contribution < 1.29 is 0 Å². The van der Waals surface area contributed by atoms with Crippen molar-refractivity contribution in [3.63, 3.8) is 0 Å². The molecule has 2 rings (SSSR count). The smallest absolute Gasteiger partial charge is 0.0967 e. The van der Waals surface area contributed by atoms with E-state index in [1.54, 1.807) is 4.68 Å². The summed E-state index contributed by atoms with van der Waals surface area (Å²) in [6.07, 6.45) is 5.89. The molecule has 1 aliphatic rings. The predicted molar refractivity (Wildman–Crippen MR) is 72.2 cm³/mol. The molecule has 18 heavy (non-hydrogen) atoms. The summed E-state index contributed by atoms with van der Waals surface area (Å²) in [5.41, 5.74) is 1.08. The van der Waals surface area contributed by atoms with E-state index in [-0.39, 0.29) is 0 Å². The summed E-state index contributed by atoms with van der Waals surface area (Å²) < 4.78 is 1.78. The first kappa shape index (κ1) is 13.5. The molecule has 0 bridgehead atoms. The van der Waals surface area contributed by atoms with Gasteiger partial charge < -0.3 is 5.32 Å². The molecule has 1 saturated heterocycles. The molecule has 0 radical (unpaired) electrons. The molecule has 2 heterocycles. The van der Waals surface area contributed by atoms with Crippen LogP contribution in [0.3, 0.4) is 0 Å². The second-order valence-electron chi connectivity index (χ2n) is 5.33. The molecule has 1 atom stereocenters. The van der Waals surface area contributed by atoms with Crippen LogP contribution in [0, 0.1) is 5.92 Å². The molecular weight excluding hydrogens is 226 g/mol. The molecule has 1 fully saturated rings. The maximum atomic E-state index is 4.17. The zero-order chi connectivity index (χ0) is 12.8. The number of aryl methyl sites for hydroxylation is 1. The van der Waals surface area contributed by atoms with Crippen LogP contribution in [-0.4, -0.2) is 46.1 Å². The fourth-order valence-electron chi connectivity index (χ4n) is 2.64. The zero-order valence-corrected chi connectivity index (χ0v) is 11.6. The number of piperidine rings is 1. The molecule has 1 unspecified atom stereocenters. The van der Waals surface area contributed by atoms with Gasteiger partial charge in [-0.05, 0) is 44.8 Å².